The van der Waals surface area contributed by atoms with Gasteiger partial charge in [-0.25, -0.2) is 9.78 Å². The molecule has 3 rings (SSSR count). The monoisotopic (exact) mass is 425 g/mol. The van der Waals surface area contributed by atoms with Crippen LogP contribution in [0.2, 0.25) is 0 Å². The number of nitrogens with zero attached hydrogens (tertiary/aromatic N) is 3. The van der Waals surface area contributed by atoms with Gasteiger partial charge in [-0.3, -0.25) is 14.3 Å². The summed E-state index contributed by atoms with van der Waals surface area (Å²) in [4.78, 5) is 28.7. The molecule has 2 atom stereocenters. The molecule has 0 bridgehead atoms. The Morgan fingerprint density at radius 1 is 1.46 bits per heavy atom. The van der Waals surface area contributed by atoms with Crippen molar-refractivity contribution in [1.29, 1.82) is 0 Å². The molecule has 1 aromatic heterocycles. The normalized spacial score (nSPS) is 18.8. The predicted octanol–water partition coefficient (Wildman–Crippen LogP) is 3.96. The number of carbonyl (C=O) groups is 1. The lowest BCUT2D eigenvalue weighted by Crippen LogP contribution is -2.43. The summed E-state index contributed by atoms with van der Waals surface area (Å²) in [5, 5.41) is 10.9. The van der Waals surface area contributed by atoms with E-state index in [1.807, 2.05) is 20.8 Å². The van der Waals surface area contributed by atoms with E-state index in [0.29, 0.717) is 28.7 Å². The van der Waals surface area contributed by atoms with Crippen LogP contribution < -0.4 is 0 Å². The van der Waals surface area contributed by atoms with E-state index in [-0.39, 0.29) is 17.7 Å². The molecule has 0 aliphatic carbocycles. The van der Waals surface area contributed by atoms with Crippen LogP contribution in [0, 0.1) is 16.0 Å². The molecule has 1 aliphatic heterocycles. The summed E-state index contributed by atoms with van der Waals surface area (Å²) in [5.74, 6) is 0.504. The first-order chi connectivity index (χ1) is 13.1. The topological polar surface area (TPSA) is 103 Å². The highest BCUT2D eigenvalue weighted by Crippen LogP contribution is 2.29. The molecule has 0 N–H and O–H groups in total. The molecule has 2 aromatic rings. The van der Waals surface area contributed by atoms with Gasteiger partial charge < -0.3 is 9.64 Å². The maximum absolute atomic E-state index is 12.8. The first kappa shape index (κ1) is 20.7. The molecule has 1 amide bonds. The Bertz CT molecular complexity index is 922. The van der Waals surface area contributed by atoms with Crippen molar-refractivity contribution >= 4 is 44.1 Å². The number of aromatic nitrogens is 1. The van der Waals surface area contributed by atoms with Gasteiger partial charge in [-0.05, 0) is 45.6 Å². The quantitative estimate of drug-likeness (QED) is 0.543. The summed E-state index contributed by atoms with van der Waals surface area (Å²) in [7, 11) is -1.32. The molecule has 2 heterocycles. The zero-order valence-corrected chi connectivity index (χ0v) is 17.7. The third kappa shape index (κ3) is 5.05. The number of hydrogen-bond acceptors (Lipinski definition) is 7. The van der Waals surface area contributed by atoms with E-state index in [2.05, 4.69) is 4.98 Å². The molecule has 0 saturated carbocycles. The second-order valence-electron chi connectivity index (χ2n) is 7.84. The van der Waals surface area contributed by atoms with Crippen molar-refractivity contribution in [2.75, 3.05) is 18.8 Å². The van der Waals surface area contributed by atoms with E-state index in [4.69, 9.17) is 4.74 Å². The van der Waals surface area contributed by atoms with Crippen molar-refractivity contribution in [3.05, 3.63) is 28.3 Å². The number of carbonyl (C=O) groups excluding carboxylic acids is 1. The number of nitro groups is 1. The fraction of sp³-hybridized carbons (Fsp3) is 0.556. The van der Waals surface area contributed by atoms with Gasteiger partial charge in [-0.1, -0.05) is 0 Å². The Morgan fingerprint density at radius 3 is 2.89 bits per heavy atom. The Labute approximate surface area is 169 Å². The van der Waals surface area contributed by atoms with Crippen LogP contribution in [-0.4, -0.2) is 49.6 Å². The van der Waals surface area contributed by atoms with Crippen LogP contribution in [-0.2, 0) is 15.5 Å². The standard InChI is InChI=1S/C18H23N3O5S2/c1-18(2,3)26-17(22)20-8-4-5-12(10-20)11-28(25)16-19-14-9-13(21(23)24)6-7-15(14)27-16/h6-7,9,12H,4-5,8,10-11H2,1-3H3/t12-,28-/m1/s1. The summed E-state index contributed by atoms with van der Waals surface area (Å²) < 4.78 is 19.5. The summed E-state index contributed by atoms with van der Waals surface area (Å²) in [6.07, 6.45) is 1.39. The summed E-state index contributed by atoms with van der Waals surface area (Å²) in [6.45, 7) is 6.65. The van der Waals surface area contributed by atoms with Crippen molar-refractivity contribution in [3.63, 3.8) is 0 Å². The van der Waals surface area contributed by atoms with Crippen LogP contribution >= 0.6 is 11.3 Å². The lowest BCUT2D eigenvalue weighted by molar-refractivity contribution is -0.384. The zero-order valence-electron chi connectivity index (χ0n) is 16.0. The molecule has 1 fully saturated rings. The Kier molecular flexibility index (Phi) is 5.99. The number of nitro benzene ring substituents is 1. The minimum Gasteiger partial charge on any atom is -0.444 e. The van der Waals surface area contributed by atoms with Gasteiger partial charge in [0, 0.05) is 31.0 Å². The highest BCUT2D eigenvalue weighted by Gasteiger charge is 2.29. The molecule has 10 heteroatoms. The molecule has 1 saturated heterocycles. The van der Waals surface area contributed by atoms with Gasteiger partial charge in [0.25, 0.3) is 5.69 Å². The second kappa shape index (κ2) is 8.12. The maximum Gasteiger partial charge on any atom is 0.410 e. The maximum atomic E-state index is 12.8. The van der Waals surface area contributed by atoms with Crippen molar-refractivity contribution in [1.82, 2.24) is 9.88 Å². The summed E-state index contributed by atoms with van der Waals surface area (Å²) >= 11 is 1.29. The second-order valence-corrected chi connectivity index (χ2v) is 10.5. The number of piperidine rings is 1. The Balaban J connectivity index is 1.66. The minimum atomic E-state index is -1.32. The van der Waals surface area contributed by atoms with Crippen molar-refractivity contribution in [3.8, 4) is 0 Å². The van der Waals surface area contributed by atoms with Gasteiger partial charge in [0.1, 0.15) is 5.60 Å². The molecule has 152 valence electrons. The summed E-state index contributed by atoms with van der Waals surface area (Å²) in [6, 6.07) is 4.46. The van der Waals surface area contributed by atoms with Crippen molar-refractivity contribution in [2.45, 2.75) is 43.6 Å². The smallest absolute Gasteiger partial charge is 0.410 e. The largest absolute Gasteiger partial charge is 0.444 e. The highest BCUT2D eigenvalue weighted by molar-refractivity contribution is 7.87. The first-order valence-electron chi connectivity index (χ1n) is 9.03. The number of amides is 1. The number of benzene rings is 1. The van der Waals surface area contributed by atoms with Gasteiger partial charge in [0.15, 0.2) is 4.34 Å². The van der Waals surface area contributed by atoms with E-state index >= 15 is 0 Å². The van der Waals surface area contributed by atoms with Crippen LogP contribution in [0.5, 0.6) is 0 Å². The number of hydrogen-bond donors (Lipinski definition) is 0. The third-order valence-corrected chi connectivity index (χ3v) is 7.21. The molecule has 0 spiro atoms. The fourth-order valence-electron chi connectivity index (χ4n) is 3.08. The van der Waals surface area contributed by atoms with Crippen LogP contribution in [0.25, 0.3) is 10.2 Å². The SMILES string of the molecule is CC(C)(C)OC(=O)N1CCC[C@@H](C[S@@](=O)c2nc3cc([N+](=O)[O-])ccc3s2)C1. The van der Waals surface area contributed by atoms with Crippen LogP contribution in [0.1, 0.15) is 33.6 Å². The fourth-order valence-corrected chi connectivity index (χ4v) is 5.65. The molecular weight excluding hydrogens is 402 g/mol. The minimum absolute atomic E-state index is 0.0320. The van der Waals surface area contributed by atoms with E-state index in [1.165, 1.54) is 23.5 Å². The van der Waals surface area contributed by atoms with Crippen LogP contribution in [0.4, 0.5) is 10.5 Å². The average molecular weight is 426 g/mol. The average Bonchev–Trinajstić information content (AvgIpc) is 3.04. The molecule has 0 unspecified atom stereocenters. The van der Waals surface area contributed by atoms with Crippen LogP contribution in [0.15, 0.2) is 22.5 Å². The molecule has 1 aliphatic rings. The van der Waals surface area contributed by atoms with Gasteiger partial charge in [-0.15, -0.1) is 11.3 Å². The number of thiazole rings is 1. The molecule has 8 nitrogen and oxygen atoms in total. The van der Waals surface area contributed by atoms with Gasteiger partial charge >= 0.3 is 6.09 Å². The van der Waals surface area contributed by atoms with Crippen molar-refractivity contribution in [2.24, 2.45) is 5.92 Å². The molecule has 1 aromatic carbocycles. The van der Waals surface area contributed by atoms with Crippen molar-refractivity contribution < 1.29 is 18.7 Å². The highest BCUT2D eigenvalue weighted by atomic mass is 32.2. The van der Waals surface area contributed by atoms with Crippen LogP contribution in [0.3, 0.4) is 0 Å². The number of rotatable bonds is 4. The Morgan fingerprint density at radius 2 is 2.21 bits per heavy atom. The number of ether oxygens (including phenoxy) is 1. The number of non-ortho nitro benzene ring substituents is 1. The Hall–Kier alpha value is -2.07. The molecule has 28 heavy (non-hydrogen) atoms. The van der Waals surface area contributed by atoms with Gasteiger partial charge in [-0.2, -0.15) is 0 Å². The van der Waals surface area contributed by atoms with E-state index in [9.17, 15) is 19.1 Å². The van der Waals surface area contributed by atoms with E-state index in [1.54, 1.807) is 11.0 Å². The number of likely N-dealkylation sites (tertiary alicyclic amines) is 1. The zero-order chi connectivity index (χ0) is 20.5. The molecular formula is C18H23N3O5S2. The lowest BCUT2D eigenvalue weighted by Gasteiger charge is -2.33. The molecule has 0 radical (unpaired) electrons. The first-order valence-corrected chi connectivity index (χ1v) is 11.2. The van der Waals surface area contributed by atoms with Gasteiger partial charge in [0.05, 0.1) is 25.9 Å². The van der Waals surface area contributed by atoms with E-state index < -0.39 is 21.3 Å². The summed E-state index contributed by atoms with van der Waals surface area (Å²) in [5.41, 5.74) is -0.0896. The van der Waals surface area contributed by atoms with E-state index in [0.717, 1.165) is 17.5 Å². The number of fused-ring (bicyclic) bond motifs is 1. The third-order valence-electron chi connectivity index (χ3n) is 4.31. The lowest BCUT2D eigenvalue weighted by atomic mass is 10.0. The van der Waals surface area contributed by atoms with Gasteiger partial charge in [0.2, 0.25) is 0 Å². The predicted molar refractivity (Wildman–Crippen MR) is 108 cm³/mol.